The Labute approximate surface area is 161 Å². The summed E-state index contributed by atoms with van der Waals surface area (Å²) in [7, 11) is 1.81. The first-order chi connectivity index (χ1) is 13.0. The van der Waals surface area contributed by atoms with Crippen LogP contribution in [0.5, 0.6) is 0 Å². The third-order valence-electron chi connectivity index (χ3n) is 4.88. The first-order valence-electron chi connectivity index (χ1n) is 8.71. The summed E-state index contributed by atoms with van der Waals surface area (Å²) in [4.78, 5) is 30.0. The maximum Gasteiger partial charge on any atom is 0.269 e. The Morgan fingerprint density at radius 3 is 2.78 bits per heavy atom. The van der Waals surface area contributed by atoms with Crippen molar-refractivity contribution in [1.82, 2.24) is 9.55 Å². The van der Waals surface area contributed by atoms with Gasteiger partial charge in [-0.15, -0.1) is 0 Å². The van der Waals surface area contributed by atoms with Crippen molar-refractivity contribution in [2.45, 2.75) is 19.4 Å². The lowest BCUT2D eigenvalue weighted by atomic mass is 9.96. The Morgan fingerprint density at radius 1 is 1.07 bits per heavy atom. The van der Waals surface area contributed by atoms with E-state index in [9.17, 15) is 9.59 Å². The average molecular weight is 380 g/mol. The van der Waals surface area contributed by atoms with E-state index in [0.29, 0.717) is 13.0 Å². The highest BCUT2D eigenvalue weighted by Crippen LogP contribution is 2.31. The van der Waals surface area contributed by atoms with Crippen LogP contribution in [-0.2, 0) is 17.8 Å². The van der Waals surface area contributed by atoms with Crippen LogP contribution in [-0.4, -0.2) is 22.5 Å². The van der Waals surface area contributed by atoms with Gasteiger partial charge in [0.25, 0.3) is 5.56 Å². The second kappa shape index (κ2) is 7.00. The molecular weight excluding hydrogens is 362 g/mol. The molecule has 1 amide bonds. The van der Waals surface area contributed by atoms with E-state index in [1.807, 2.05) is 31.4 Å². The number of amides is 1. The fourth-order valence-corrected chi connectivity index (χ4v) is 3.58. The molecule has 0 N–H and O–H groups in total. The molecule has 136 valence electrons. The fourth-order valence-electron chi connectivity index (χ4n) is 3.40. The number of halogens is 1. The minimum Gasteiger partial charge on any atom is -0.315 e. The summed E-state index contributed by atoms with van der Waals surface area (Å²) in [6.45, 7) is 0.405. The van der Waals surface area contributed by atoms with Crippen molar-refractivity contribution in [2.24, 2.45) is 0 Å². The lowest BCUT2D eigenvalue weighted by molar-refractivity contribution is -0.118. The molecule has 27 heavy (non-hydrogen) atoms. The van der Waals surface area contributed by atoms with E-state index < -0.39 is 0 Å². The van der Waals surface area contributed by atoms with Crippen LogP contribution in [0.4, 0.5) is 5.69 Å². The molecule has 6 heteroatoms. The maximum absolute atomic E-state index is 12.1. The highest BCUT2D eigenvalue weighted by atomic mass is 35.5. The summed E-state index contributed by atoms with van der Waals surface area (Å²) < 4.78 is 1.57. The summed E-state index contributed by atoms with van der Waals surface area (Å²) in [5.74, 6) is 0.144. The van der Waals surface area contributed by atoms with E-state index in [4.69, 9.17) is 11.6 Å². The van der Waals surface area contributed by atoms with Crippen LogP contribution in [0.25, 0.3) is 11.1 Å². The van der Waals surface area contributed by atoms with E-state index >= 15 is 0 Å². The molecule has 0 atom stereocenters. The van der Waals surface area contributed by atoms with Gasteiger partial charge in [0.1, 0.15) is 5.02 Å². The van der Waals surface area contributed by atoms with Gasteiger partial charge in [-0.2, -0.15) is 0 Å². The standard InChI is InChI=1S/C21H18ClN3O2/c1-24-19-6-4-15(10-16(19)5-7-20(24)26)17-9-14(11-23-12-17)13-25-8-2-3-18(22)21(25)27/h2-4,6,8-12H,5,7,13H2,1H3. The quantitative estimate of drug-likeness (QED) is 0.699. The number of fused-ring (bicyclic) bond motifs is 1. The molecule has 0 radical (unpaired) electrons. The lowest BCUT2D eigenvalue weighted by Gasteiger charge is -2.26. The number of pyridine rings is 2. The Balaban J connectivity index is 1.66. The third kappa shape index (κ3) is 3.38. The van der Waals surface area contributed by atoms with E-state index in [1.54, 1.807) is 34.0 Å². The molecule has 4 rings (SSSR count). The third-order valence-corrected chi connectivity index (χ3v) is 5.17. The Morgan fingerprint density at radius 2 is 1.93 bits per heavy atom. The van der Waals surface area contributed by atoms with Crippen molar-refractivity contribution in [3.05, 3.63) is 81.5 Å². The predicted molar refractivity (Wildman–Crippen MR) is 106 cm³/mol. The molecule has 5 nitrogen and oxygen atoms in total. The topological polar surface area (TPSA) is 55.2 Å². The smallest absolute Gasteiger partial charge is 0.269 e. The fraction of sp³-hybridized carbons (Fsp3) is 0.190. The molecule has 3 aromatic rings. The van der Waals surface area contributed by atoms with E-state index in [2.05, 4.69) is 11.1 Å². The van der Waals surface area contributed by atoms with Gasteiger partial charge in [-0.05, 0) is 53.4 Å². The van der Waals surface area contributed by atoms with Crippen LogP contribution >= 0.6 is 11.6 Å². The van der Waals surface area contributed by atoms with E-state index in [0.717, 1.165) is 34.4 Å². The monoisotopic (exact) mass is 379 g/mol. The maximum atomic E-state index is 12.1. The van der Waals surface area contributed by atoms with Crippen molar-refractivity contribution in [3.63, 3.8) is 0 Å². The zero-order chi connectivity index (χ0) is 19.0. The highest BCUT2D eigenvalue weighted by molar-refractivity contribution is 6.30. The molecule has 1 aliphatic rings. The minimum atomic E-state index is -0.217. The zero-order valence-electron chi connectivity index (χ0n) is 14.9. The number of hydrogen-bond acceptors (Lipinski definition) is 3. The van der Waals surface area contributed by atoms with E-state index in [1.165, 1.54) is 0 Å². The van der Waals surface area contributed by atoms with Crippen molar-refractivity contribution in [3.8, 4) is 11.1 Å². The summed E-state index contributed by atoms with van der Waals surface area (Å²) in [6, 6.07) is 11.5. The van der Waals surface area contributed by atoms with Crippen molar-refractivity contribution in [2.75, 3.05) is 11.9 Å². The van der Waals surface area contributed by atoms with Gasteiger partial charge in [0.2, 0.25) is 5.91 Å². The normalized spacial score (nSPS) is 13.6. The van der Waals surface area contributed by atoms with Gasteiger partial charge in [0.15, 0.2) is 0 Å². The molecule has 1 aromatic carbocycles. The summed E-state index contributed by atoms with van der Waals surface area (Å²) in [5.41, 5.74) is 4.85. The Hall–Kier alpha value is -2.92. The number of anilines is 1. The van der Waals surface area contributed by atoms with Crippen LogP contribution < -0.4 is 10.5 Å². The van der Waals surface area contributed by atoms with Crippen LogP contribution in [0.1, 0.15) is 17.5 Å². The zero-order valence-corrected chi connectivity index (χ0v) is 15.6. The molecular formula is C21H18ClN3O2. The van der Waals surface area contributed by atoms with Crippen LogP contribution in [0.2, 0.25) is 5.02 Å². The van der Waals surface area contributed by atoms with Gasteiger partial charge in [0.05, 0.1) is 6.54 Å². The van der Waals surface area contributed by atoms with E-state index in [-0.39, 0.29) is 16.5 Å². The number of aromatic nitrogens is 2. The second-order valence-corrected chi connectivity index (χ2v) is 7.07. The molecule has 0 aliphatic carbocycles. The number of rotatable bonds is 3. The van der Waals surface area contributed by atoms with Gasteiger partial charge in [-0.3, -0.25) is 14.6 Å². The molecule has 0 unspecified atom stereocenters. The first kappa shape index (κ1) is 17.5. The molecule has 0 bridgehead atoms. The highest BCUT2D eigenvalue weighted by Gasteiger charge is 2.21. The van der Waals surface area contributed by atoms with Gasteiger partial charge >= 0.3 is 0 Å². The number of benzene rings is 1. The molecule has 1 aliphatic heterocycles. The molecule has 2 aromatic heterocycles. The molecule has 0 saturated heterocycles. The largest absolute Gasteiger partial charge is 0.315 e. The summed E-state index contributed by atoms with van der Waals surface area (Å²) in [5, 5.41) is 0.204. The predicted octanol–water partition coefficient (Wildman–Crippen LogP) is 3.52. The van der Waals surface area contributed by atoms with Crippen molar-refractivity contribution in [1.29, 1.82) is 0 Å². The minimum absolute atomic E-state index is 0.144. The average Bonchev–Trinajstić information content (AvgIpc) is 2.68. The van der Waals surface area contributed by atoms with Crippen LogP contribution in [0, 0.1) is 0 Å². The molecule has 0 fully saturated rings. The van der Waals surface area contributed by atoms with Gasteiger partial charge < -0.3 is 9.47 Å². The number of nitrogens with zero attached hydrogens (tertiary/aromatic N) is 3. The molecule has 0 spiro atoms. The van der Waals surface area contributed by atoms with Gasteiger partial charge in [-0.1, -0.05) is 17.7 Å². The number of aryl methyl sites for hydroxylation is 1. The van der Waals surface area contributed by atoms with Crippen LogP contribution in [0.15, 0.2) is 59.8 Å². The Bertz CT molecular complexity index is 1090. The van der Waals surface area contributed by atoms with Crippen molar-refractivity contribution >= 4 is 23.2 Å². The summed E-state index contributed by atoms with van der Waals surface area (Å²) in [6.07, 6.45) is 6.55. The first-order valence-corrected chi connectivity index (χ1v) is 9.09. The number of hydrogen-bond donors (Lipinski definition) is 0. The lowest BCUT2D eigenvalue weighted by Crippen LogP contribution is -2.30. The van der Waals surface area contributed by atoms with Crippen molar-refractivity contribution < 1.29 is 4.79 Å². The van der Waals surface area contributed by atoms with Crippen LogP contribution in [0.3, 0.4) is 0 Å². The summed E-state index contributed by atoms with van der Waals surface area (Å²) >= 11 is 5.92. The second-order valence-electron chi connectivity index (χ2n) is 6.67. The number of carbonyl (C=O) groups excluding carboxylic acids is 1. The molecule has 3 heterocycles. The molecule has 0 saturated carbocycles. The van der Waals surface area contributed by atoms with Gasteiger partial charge in [-0.25, -0.2) is 0 Å². The number of carbonyl (C=O) groups is 1. The SMILES string of the molecule is CN1C(=O)CCc2cc(-c3cncc(Cn4cccc(Cl)c4=O)c3)ccc21. The Kier molecular flexibility index (Phi) is 4.54. The van der Waals surface area contributed by atoms with Gasteiger partial charge in [0, 0.05) is 43.3 Å².